The average Bonchev–Trinajstić information content (AvgIpc) is 2.92. The highest BCUT2D eigenvalue weighted by Gasteiger charge is 2.15. The SMILES string of the molecule is COc1ccc(-n2c(SCC(=O)N/N=C\c3ccc(OC)c(OC)c3)nc3ccccc3c2=O)cc1. The molecule has 1 amide bonds. The number of rotatable bonds is 9. The van der Waals surface area contributed by atoms with Crippen LogP contribution < -0.4 is 25.2 Å². The van der Waals surface area contributed by atoms with Crippen LogP contribution in [0.2, 0.25) is 0 Å². The highest BCUT2D eigenvalue weighted by atomic mass is 32.2. The van der Waals surface area contributed by atoms with Gasteiger partial charge in [-0.05, 0) is 60.2 Å². The second kappa shape index (κ2) is 11.4. The predicted octanol–water partition coefficient (Wildman–Crippen LogP) is 3.65. The average molecular weight is 505 g/mol. The number of nitrogens with one attached hydrogen (secondary N) is 1. The number of hydrazone groups is 1. The van der Waals surface area contributed by atoms with Crippen molar-refractivity contribution in [3.8, 4) is 22.9 Å². The van der Waals surface area contributed by atoms with Gasteiger partial charge in [-0.2, -0.15) is 5.10 Å². The third-order valence-corrected chi connectivity index (χ3v) is 6.16. The van der Waals surface area contributed by atoms with Crippen molar-refractivity contribution in [2.75, 3.05) is 27.1 Å². The number of carbonyl (C=O) groups is 1. The fraction of sp³-hybridized carbons (Fsp3) is 0.154. The number of amides is 1. The van der Waals surface area contributed by atoms with Crippen LogP contribution in [0.3, 0.4) is 0 Å². The lowest BCUT2D eigenvalue weighted by Crippen LogP contribution is -2.24. The van der Waals surface area contributed by atoms with E-state index in [1.165, 1.54) is 10.8 Å². The van der Waals surface area contributed by atoms with Gasteiger partial charge in [0.25, 0.3) is 11.5 Å². The summed E-state index contributed by atoms with van der Waals surface area (Å²) in [6.07, 6.45) is 1.51. The highest BCUT2D eigenvalue weighted by Crippen LogP contribution is 2.27. The molecule has 0 aliphatic carbocycles. The standard InChI is InChI=1S/C26H24N4O5S/c1-33-19-11-9-18(10-12-19)30-25(32)20-6-4-5-7-21(20)28-26(30)36-16-24(31)29-27-15-17-8-13-22(34-2)23(14-17)35-3/h4-15H,16H2,1-3H3,(H,29,31)/b27-15-. The number of carbonyl (C=O) groups excluding carboxylic acids is 1. The third kappa shape index (κ3) is 5.49. The van der Waals surface area contributed by atoms with Gasteiger partial charge in [-0.3, -0.25) is 14.2 Å². The van der Waals surface area contributed by atoms with Crippen LogP contribution in [0.1, 0.15) is 5.56 Å². The summed E-state index contributed by atoms with van der Waals surface area (Å²) in [5.74, 6) is 1.48. The molecular weight excluding hydrogens is 480 g/mol. The Balaban J connectivity index is 1.52. The third-order valence-electron chi connectivity index (χ3n) is 5.22. The molecule has 0 fully saturated rings. The summed E-state index contributed by atoms with van der Waals surface area (Å²) in [5, 5.41) is 4.89. The molecule has 0 radical (unpaired) electrons. The van der Waals surface area contributed by atoms with Gasteiger partial charge in [-0.25, -0.2) is 10.4 Å². The van der Waals surface area contributed by atoms with E-state index in [9.17, 15) is 9.59 Å². The van der Waals surface area contributed by atoms with Gasteiger partial charge in [-0.15, -0.1) is 0 Å². The van der Waals surface area contributed by atoms with Crippen LogP contribution in [0.5, 0.6) is 17.2 Å². The van der Waals surface area contributed by atoms with Gasteiger partial charge < -0.3 is 14.2 Å². The zero-order valence-electron chi connectivity index (χ0n) is 19.9. The van der Waals surface area contributed by atoms with Crippen LogP contribution in [0, 0.1) is 0 Å². The smallest absolute Gasteiger partial charge is 0.266 e. The van der Waals surface area contributed by atoms with E-state index in [0.29, 0.717) is 39.0 Å². The zero-order valence-corrected chi connectivity index (χ0v) is 20.7. The molecule has 184 valence electrons. The largest absolute Gasteiger partial charge is 0.497 e. The quantitative estimate of drug-likeness (QED) is 0.161. The minimum absolute atomic E-state index is 0.00418. The van der Waals surface area contributed by atoms with Crippen LogP contribution in [0.15, 0.2) is 81.8 Å². The van der Waals surface area contributed by atoms with Gasteiger partial charge in [-0.1, -0.05) is 23.9 Å². The van der Waals surface area contributed by atoms with Crippen molar-refractivity contribution in [3.05, 3.63) is 82.6 Å². The molecule has 4 rings (SSSR count). The number of benzene rings is 3. The van der Waals surface area contributed by atoms with E-state index >= 15 is 0 Å². The molecule has 0 aliphatic rings. The van der Waals surface area contributed by atoms with E-state index in [1.54, 1.807) is 82.0 Å². The topological polar surface area (TPSA) is 104 Å². The van der Waals surface area contributed by atoms with Crippen LogP contribution in [-0.4, -0.2) is 48.8 Å². The van der Waals surface area contributed by atoms with Gasteiger partial charge in [0, 0.05) is 0 Å². The molecule has 4 aromatic rings. The van der Waals surface area contributed by atoms with E-state index < -0.39 is 0 Å². The van der Waals surface area contributed by atoms with Crippen molar-refractivity contribution < 1.29 is 19.0 Å². The summed E-state index contributed by atoms with van der Waals surface area (Å²) in [6, 6.07) is 19.5. The number of fused-ring (bicyclic) bond motifs is 1. The summed E-state index contributed by atoms with van der Waals surface area (Å²) in [5.41, 5.74) is 4.18. The number of para-hydroxylation sites is 1. The normalized spacial score (nSPS) is 11.0. The number of aromatic nitrogens is 2. The van der Waals surface area contributed by atoms with Crippen molar-refractivity contribution in [2.24, 2.45) is 5.10 Å². The molecule has 1 N–H and O–H groups in total. The zero-order chi connectivity index (χ0) is 25.5. The molecule has 0 aliphatic heterocycles. The Morgan fingerprint density at radius 3 is 2.47 bits per heavy atom. The monoisotopic (exact) mass is 504 g/mol. The number of nitrogens with zero attached hydrogens (tertiary/aromatic N) is 3. The lowest BCUT2D eigenvalue weighted by Gasteiger charge is -2.13. The molecule has 10 heteroatoms. The van der Waals surface area contributed by atoms with Crippen molar-refractivity contribution in [1.29, 1.82) is 0 Å². The van der Waals surface area contributed by atoms with E-state index in [0.717, 1.165) is 17.3 Å². The lowest BCUT2D eigenvalue weighted by molar-refractivity contribution is -0.118. The molecule has 0 saturated heterocycles. The number of thioether (sulfide) groups is 1. The first-order chi connectivity index (χ1) is 17.5. The molecule has 3 aromatic carbocycles. The van der Waals surface area contributed by atoms with Crippen molar-refractivity contribution in [2.45, 2.75) is 5.16 Å². The molecule has 0 atom stereocenters. The second-order valence-corrected chi connectivity index (χ2v) is 8.39. The summed E-state index contributed by atoms with van der Waals surface area (Å²) in [7, 11) is 4.68. The Kier molecular flexibility index (Phi) is 7.86. The van der Waals surface area contributed by atoms with Gasteiger partial charge in [0.2, 0.25) is 0 Å². The molecule has 0 bridgehead atoms. The lowest BCUT2D eigenvalue weighted by atomic mass is 10.2. The van der Waals surface area contributed by atoms with Crippen molar-refractivity contribution >= 4 is 34.8 Å². The summed E-state index contributed by atoms with van der Waals surface area (Å²) >= 11 is 1.14. The van der Waals surface area contributed by atoms with Gasteiger partial charge in [0.05, 0.1) is 49.9 Å². The Labute approximate surface area is 211 Å². The summed E-state index contributed by atoms with van der Waals surface area (Å²) in [4.78, 5) is 30.4. The highest BCUT2D eigenvalue weighted by molar-refractivity contribution is 7.99. The van der Waals surface area contributed by atoms with E-state index in [1.807, 2.05) is 6.07 Å². The van der Waals surface area contributed by atoms with Gasteiger partial charge in [0.1, 0.15) is 5.75 Å². The molecule has 1 heterocycles. The number of hydrogen-bond donors (Lipinski definition) is 1. The fourth-order valence-electron chi connectivity index (χ4n) is 3.44. The number of ether oxygens (including phenoxy) is 3. The van der Waals surface area contributed by atoms with Crippen LogP contribution >= 0.6 is 11.8 Å². The molecular formula is C26H24N4O5S. The van der Waals surface area contributed by atoms with Crippen LogP contribution in [0.4, 0.5) is 0 Å². The fourth-order valence-corrected chi connectivity index (χ4v) is 4.25. The Morgan fingerprint density at radius 1 is 1.00 bits per heavy atom. The first-order valence-electron chi connectivity index (χ1n) is 10.9. The Hall–Kier alpha value is -4.31. The Morgan fingerprint density at radius 2 is 1.75 bits per heavy atom. The second-order valence-electron chi connectivity index (χ2n) is 7.45. The molecule has 1 aromatic heterocycles. The van der Waals surface area contributed by atoms with E-state index in [2.05, 4.69) is 15.5 Å². The van der Waals surface area contributed by atoms with Gasteiger partial charge in [0.15, 0.2) is 16.7 Å². The van der Waals surface area contributed by atoms with Gasteiger partial charge >= 0.3 is 0 Å². The maximum Gasteiger partial charge on any atom is 0.266 e. The van der Waals surface area contributed by atoms with Crippen LogP contribution in [0.25, 0.3) is 16.6 Å². The maximum atomic E-state index is 13.3. The number of methoxy groups -OCH3 is 3. The van der Waals surface area contributed by atoms with Crippen molar-refractivity contribution in [3.63, 3.8) is 0 Å². The summed E-state index contributed by atoms with van der Waals surface area (Å²) in [6.45, 7) is 0. The molecule has 9 nitrogen and oxygen atoms in total. The molecule has 36 heavy (non-hydrogen) atoms. The van der Waals surface area contributed by atoms with E-state index in [-0.39, 0.29) is 17.2 Å². The summed E-state index contributed by atoms with van der Waals surface area (Å²) < 4.78 is 17.2. The minimum Gasteiger partial charge on any atom is -0.497 e. The van der Waals surface area contributed by atoms with Crippen molar-refractivity contribution in [1.82, 2.24) is 15.0 Å². The first-order valence-corrected chi connectivity index (χ1v) is 11.9. The predicted molar refractivity (Wildman–Crippen MR) is 140 cm³/mol. The first kappa shape index (κ1) is 24.8. The molecule has 0 saturated carbocycles. The minimum atomic E-state index is -0.347. The van der Waals surface area contributed by atoms with Crippen LogP contribution in [-0.2, 0) is 4.79 Å². The Bertz CT molecular complexity index is 1470. The molecule has 0 spiro atoms. The van der Waals surface area contributed by atoms with E-state index in [4.69, 9.17) is 14.2 Å². The molecule has 0 unspecified atom stereocenters. The number of hydrogen-bond acceptors (Lipinski definition) is 8. The maximum absolute atomic E-state index is 13.3.